The lowest BCUT2D eigenvalue weighted by Gasteiger charge is -2.09. The van der Waals surface area contributed by atoms with Gasteiger partial charge in [-0.1, -0.05) is 24.2 Å². The number of nitrogens with one attached hydrogen (secondary N) is 2. The summed E-state index contributed by atoms with van der Waals surface area (Å²) >= 11 is 0. The Morgan fingerprint density at radius 1 is 1.50 bits per heavy atom. The van der Waals surface area contributed by atoms with Crippen LogP contribution in [0.2, 0.25) is 0 Å². The lowest BCUT2D eigenvalue weighted by Crippen LogP contribution is -2.30. The molecule has 0 heterocycles. The van der Waals surface area contributed by atoms with Gasteiger partial charge in [-0.2, -0.15) is 13.1 Å². The molecule has 0 saturated carbocycles. The molecule has 1 rings (SSSR count). The largest absolute Gasteiger partial charge is 0.409 e. The normalized spacial score (nSPS) is 12.4. The van der Waals surface area contributed by atoms with E-state index in [2.05, 4.69) is 14.6 Å². The van der Waals surface area contributed by atoms with Gasteiger partial charge in [0.1, 0.15) is 0 Å². The minimum atomic E-state index is -3.59. The van der Waals surface area contributed by atoms with Crippen molar-refractivity contribution in [3.8, 4) is 0 Å². The molecule has 0 aliphatic rings. The van der Waals surface area contributed by atoms with E-state index in [9.17, 15) is 8.42 Å². The number of benzene rings is 1. The van der Waals surface area contributed by atoms with Crippen LogP contribution in [0.1, 0.15) is 18.9 Å². The number of anilines is 1. The Bertz CT molecular complexity index is 528. The zero-order valence-corrected chi connectivity index (χ0v) is 10.7. The Balaban J connectivity index is 2.86. The number of amidine groups is 1. The van der Waals surface area contributed by atoms with E-state index in [-0.39, 0.29) is 5.84 Å². The summed E-state index contributed by atoms with van der Waals surface area (Å²) in [6.45, 7) is 2.22. The third-order valence-corrected chi connectivity index (χ3v) is 3.15. The maximum Gasteiger partial charge on any atom is 0.299 e. The molecule has 0 amide bonds. The molecule has 0 fully saturated rings. The SMILES string of the molecule is CCCNS(=O)(=O)Nc1cccc(/C(N)=N/O)c1. The average Bonchev–Trinajstić information content (AvgIpc) is 2.35. The monoisotopic (exact) mass is 272 g/mol. The molecule has 18 heavy (non-hydrogen) atoms. The molecule has 1 aromatic rings. The Hall–Kier alpha value is -1.80. The molecule has 5 N–H and O–H groups in total. The van der Waals surface area contributed by atoms with Gasteiger partial charge in [-0.05, 0) is 18.6 Å². The fourth-order valence-corrected chi connectivity index (χ4v) is 2.21. The maximum atomic E-state index is 11.6. The third kappa shape index (κ3) is 4.22. The Morgan fingerprint density at radius 3 is 2.83 bits per heavy atom. The minimum Gasteiger partial charge on any atom is -0.409 e. The number of nitrogens with two attached hydrogens (primary N) is 1. The fraction of sp³-hybridized carbons (Fsp3) is 0.300. The number of nitrogens with zero attached hydrogens (tertiary/aromatic N) is 1. The van der Waals surface area contributed by atoms with Gasteiger partial charge in [0.15, 0.2) is 5.84 Å². The van der Waals surface area contributed by atoms with Crippen molar-refractivity contribution in [3.63, 3.8) is 0 Å². The lowest BCUT2D eigenvalue weighted by atomic mass is 10.2. The van der Waals surface area contributed by atoms with Crippen molar-refractivity contribution < 1.29 is 13.6 Å². The van der Waals surface area contributed by atoms with Crippen LogP contribution in [0.3, 0.4) is 0 Å². The average molecular weight is 272 g/mol. The molecule has 0 atom stereocenters. The summed E-state index contributed by atoms with van der Waals surface area (Å²) in [5.74, 6) is -0.0856. The molecule has 7 nitrogen and oxygen atoms in total. The van der Waals surface area contributed by atoms with Gasteiger partial charge in [0.25, 0.3) is 10.2 Å². The highest BCUT2D eigenvalue weighted by atomic mass is 32.2. The van der Waals surface area contributed by atoms with Gasteiger partial charge in [0, 0.05) is 12.1 Å². The molecular weight excluding hydrogens is 256 g/mol. The van der Waals surface area contributed by atoms with Gasteiger partial charge in [-0.3, -0.25) is 4.72 Å². The highest BCUT2D eigenvalue weighted by Gasteiger charge is 2.09. The Kier molecular flexibility index (Phi) is 4.93. The first-order valence-corrected chi connectivity index (χ1v) is 6.82. The number of hydrogen-bond donors (Lipinski definition) is 4. The fourth-order valence-electron chi connectivity index (χ4n) is 1.23. The number of oxime groups is 1. The van der Waals surface area contributed by atoms with Crippen LogP contribution in [-0.4, -0.2) is 26.0 Å². The second kappa shape index (κ2) is 6.22. The summed E-state index contributed by atoms with van der Waals surface area (Å²) in [6, 6.07) is 6.25. The molecule has 1 aromatic carbocycles. The number of rotatable bonds is 6. The molecule has 0 aromatic heterocycles. The van der Waals surface area contributed by atoms with Crippen LogP contribution in [0, 0.1) is 0 Å². The van der Waals surface area contributed by atoms with E-state index in [0.29, 0.717) is 24.2 Å². The first-order chi connectivity index (χ1) is 8.48. The van der Waals surface area contributed by atoms with Gasteiger partial charge >= 0.3 is 0 Å². The molecular formula is C10H16N4O3S. The standard InChI is InChI=1S/C10H16N4O3S/c1-2-6-12-18(16,17)14-9-5-3-4-8(7-9)10(11)13-15/h3-5,7,12,14-15H,2,6H2,1H3,(H2,11,13). The van der Waals surface area contributed by atoms with E-state index < -0.39 is 10.2 Å². The lowest BCUT2D eigenvalue weighted by molar-refractivity contribution is 0.318. The van der Waals surface area contributed by atoms with Crippen molar-refractivity contribution in [2.24, 2.45) is 10.9 Å². The molecule has 0 unspecified atom stereocenters. The summed E-state index contributed by atoms with van der Waals surface area (Å²) in [6.07, 6.45) is 0.699. The van der Waals surface area contributed by atoms with Crippen LogP contribution in [0.4, 0.5) is 5.69 Å². The second-order valence-corrected chi connectivity index (χ2v) is 5.07. The topological polar surface area (TPSA) is 117 Å². The third-order valence-electron chi connectivity index (χ3n) is 2.06. The van der Waals surface area contributed by atoms with Crippen LogP contribution in [0.5, 0.6) is 0 Å². The van der Waals surface area contributed by atoms with Gasteiger partial charge in [0.05, 0.1) is 5.69 Å². The molecule has 0 spiro atoms. The first kappa shape index (κ1) is 14.3. The molecule has 0 aliphatic carbocycles. The van der Waals surface area contributed by atoms with Crippen LogP contribution >= 0.6 is 0 Å². The zero-order valence-electron chi connectivity index (χ0n) is 9.92. The van der Waals surface area contributed by atoms with Gasteiger partial charge < -0.3 is 10.9 Å². The second-order valence-electron chi connectivity index (χ2n) is 3.57. The predicted octanol–water partition coefficient (Wildman–Crippen LogP) is 0.437. The smallest absolute Gasteiger partial charge is 0.299 e. The van der Waals surface area contributed by atoms with E-state index in [1.807, 2.05) is 6.92 Å². The van der Waals surface area contributed by atoms with E-state index >= 15 is 0 Å². The van der Waals surface area contributed by atoms with Crippen molar-refractivity contribution in [3.05, 3.63) is 29.8 Å². The van der Waals surface area contributed by atoms with E-state index in [0.717, 1.165) is 0 Å². The van der Waals surface area contributed by atoms with Crippen LogP contribution in [-0.2, 0) is 10.2 Å². The first-order valence-electron chi connectivity index (χ1n) is 5.34. The van der Waals surface area contributed by atoms with Crippen molar-refractivity contribution in [2.75, 3.05) is 11.3 Å². The highest BCUT2D eigenvalue weighted by Crippen LogP contribution is 2.11. The molecule has 0 bridgehead atoms. The van der Waals surface area contributed by atoms with Crippen molar-refractivity contribution >= 4 is 21.7 Å². The van der Waals surface area contributed by atoms with Crippen LogP contribution in [0.15, 0.2) is 29.4 Å². The van der Waals surface area contributed by atoms with Crippen molar-refractivity contribution in [1.29, 1.82) is 0 Å². The van der Waals surface area contributed by atoms with Crippen LogP contribution in [0.25, 0.3) is 0 Å². The molecule has 100 valence electrons. The predicted molar refractivity (Wildman–Crippen MR) is 69.8 cm³/mol. The quantitative estimate of drug-likeness (QED) is 0.260. The summed E-state index contributed by atoms with van der Waals surface area (Å²) in [5, 5.41) is 11.4. The van der Waals surface area contributed by atoms with E-state index in [1.165, 1.54) is 6.07 Å². The van der Waals surface area contributed by atoms with E-state index in [1.54, 1.807) is 18.2 Å². The van der Waals surface area contributed by atoms with Gasteiger partial charge in [-0.15, -0.1) is 0 Å². The Morgan fingerprint density at radius 2 is 2.22 bits per heavy atom. The minimum absolute atomic E-state index is 0.0856. The molecule has 0 saturated heterocycles. The summed E-state index contributed by atoms with van der Waals surface area (Å²) < 4.78 is 27.9. The summed E-state index contributed by atoms with van der Waals surface area (Å²) in [5.41, 5.74) is 6.17. The molecule has 0 aliphatic heterocycles. The zero-order chi connectivity index (χ0) is 13.6. The summed E-state index contributed by atoms with van der Waals surface area (Å²) in [4.78, 5) is 0. The summed E-state index contributed by atoms with van der Waals surface area (Å²) in [7, 11) is -3.59. The Labute approximate surface area is 106 Å². The molecule has 8 heteroatoms. The molecule has 0 radical (unpaired) electrons. The van der Waals surface area contributed by atoms with Crippen molar-refractivity contribution in [1.82, 2.24) is 4.72 Å². The van der Waals surface area contributed by atoms with Gasteiger partial charge in [0.2, 0.25) is 0 Å². The van der Waals surface area contributed by atoms with E-state index in [4.69, 9.17) is 10.9 Å². The number of hydrogen-bond acceptors (Lipinski definition) is 4. The highest BCUT2D eigenvalue weighted by molar-refractivity contribution is 7.90. The van der Waals surface area contributed by atoms with Crippen LogP contribution < -0.4 is 15.2 Å². The van der Waals surface area contributed by atoms with Gasteiger partial charge in [-0.25, -0.2) is 0 Å². The maximum absolute atomic E-state index is 11.6. The van der Waals surface area contributed by atoms with Crippen molar-refractivity contribution in [2.45, 2.75) is 13.3 Å².